The molecule has 5 nitrogen and oxygen atoms in total. The van der Waals surface area contributed by atoms with Gasteiger partial charge in [-0.25, -0.2) is 0 Å². The summed E-state index contributed by atoms with van der Waals surface area (Å²) < 4.78 is 5.34. The molecule has 1 rings (SSSR count). The van der Waals surface area contributed by atoms with Gasteiger partial charge in [0.2, 0.25) is 5.88 Å². The molecule has 0 radical (unpaired) electrons. The molecule has 4 N–H and O–H groups in total. The Hall–Kier alpha value is -1.49. The summed E-state index contributed by atoms with van der Waals surface area (Å²) in [7, 11) is 0. The van der Waals surface area contributed by atoms with Crippen molar-refractivity contribution in [1.29, 1.82) is 0 Å². The number of hydrogen-bond acceptors (Lipinski definition) is 5. The van der Waals surface area contributed by atoms with E-state index >= 15 is 0 Å². The van der Waals surface area contributed by atoms with Crippen LogP contribution < -0.4 is 15.8 Å². The molecule has 0 aliphatic heterocycles. The number of nitrogens with zero attached hydrogens (tertiary/aromatic N) is 1. The summed E-state index contributed by atoms with van der Waals surface area (Å²) in [6, 6.07) is 3.60. The first-order chi connectivity index (χ1) is 8.48. The molecular formula is C13H23N3O2. The van der Waals surface area contributed by atoms with Gasteiger partial charge in [0.15, 0.2) is 0 Å². The van der Waals surface area contributed by atoms with Gasteiger partial charge in [0.05, 0.1) is 12.3 Å². The molecule has 0 aromatic carbocycles. The summed E-state index contributed by atoms with van der Waals surface area (Å²) in [6.45, 7) is 7.54. The van der Waals surface area contributed by atoms with Crippen molar-refractivity contribution in [1.82, 2.24) is 4.98 Å². The molecule has 1 aromatic rings. The zero-order chi connectivity index (χ0) is 13.6. The highest BCUT2D eigenvalue weighted by Gasteiger charge is 2.17. The fourth-order valence-electron chi connectivity index (χ4n) is 1.52. The topological polar surface area (TPSA) is 80.4 Å². The first-order valence-electron chi connectivity index (χ1n) is 6.22. The van der Waals surface area contributed by atoms with Crippen LogP contribution in [0, 0.1) is 5.41 Å². The van der Waals surface area contributed by atoms with Gasteiger partial charge in [-0.1, -0.05) is 13.8 Å². The van der Waals surface area contributed by atoms with Crippen LogP contribution in [0.4, 0.5) is 11.5 Å². The number of pyridine rings is 1. The predicted molar refractivity (Wildman–Crippen MR) is 73.8 cm³/mol. The van der Waals surface area contributed by atoms with E-state index in [0.29, 0.717) is 18.2 Å². The lowest BCUT2D eigenvalue weighted by Gasteiger charge is -2.24. The van der Waals surface area contributed by atoms with Gasteiger partial charge >= 0.3 is 0 Å². The fraction of sp³-hybridized carbons (Fsp3) is 0.615. The largest absolute Gasteiger partial charge is 0.476 e. The molecule has 1 heterocycles. The van der Waals surface area contributed by atoms with E-state index in [1.165, 1.54) is 0 Å². The number of aliphatic hydroxyl groups excluding tert-OH is 1. The van der Waals surface area contributed by atoms with E-state index < -0.39 is 0 Å². The molecule has 0 saturated carbocycles. The maximum atomic E-state index is 8.97. The van der Waals surface area contributed by atoms with E-state index in [-0.39, 0.29) is 12.0 Å². The van der Waals surface area contributed by atoms with Crippen LogP contribution in [0.5, 0.6) is 5.88 Å². The standard InChI is InChI=1S/C13H23N3O2/c1-4-18-12-10(14)5-6-11(16-12)15-9-13(2,3)7-8-17/h5-6,17H,4,7-9,14H2,1-3H3,(H,15,16). The lowest BCUT2D eigenvalue weighted by atomic mass is 9.90. The first kappa shape index (κ1) is 14.6. The van der Waals surface area contributed by atoms with Crippen molar-refractivity contribution in [3.8, 4) is 5.88 Å². The SMILES string of the molecule is CCOc1nc(NCC(C)(C)CCO)ccc1N. The number of aliphatic hydroxyl groups is 1. The maximum Gasteiger partial charge on any atom is 0.239 e. The lowest BCUT2D eigenvalue weighted by Crippen LogP contribution is -2.24. The second kappa shape index (κ2) is 6.44. The number of aromatic nitrogens is 1. The molecular weight excluding hydrogens is 230 g/mol. The molecule has 0 unspecified atom stereocenters. The minimum Gasteiger partial charge on any atom is -0.476 e. The van der Waals surface area contributed by atoms with Crippen molar-refractivity contribution in [3.05, 3.63) is 12.1 Å². The number of anilines is 2. The number of ether oxygens (including phenoxy) is 1. The van der Waals surface area contributed by atoms with Crippen LogP contribution in [0.2, 0.25) is 0 Å². The van der Waals surface area contributed by atoms with Crippen molar-refractivity contribution >= 4 is 11.5 Å². The number of hydrogen-bond donors (Lipinski definition) is 3. The summed E-state index contributed by atoms with van der Waals surface area (Å²) in [5.74, 6) is 1.20. The van der Waals surface area contributed by atoms with Gasteiger partial charge in [-0.05, 0) is 30.9 Å². The van der Waals surface area contributed by atoms with E-state index in [2.05, 4.69) is 24.1 Å². The second-order valence-electron chi connectivity index (χ2n) is 5.02. The highest BCUT2D eigenvalue weighted by molar-refractivity contribution is 5.53. The zero-order valence-corrected chi connectivity index (χ0v) is 11.4. The summed E-state index contributed by atoms with van der Waals surface area (Å²) in [5, 5.41) is 12.2. The lowest BCUT2D eigenvalue weighted by molar-refractivity contribution is 0.220. The van der Waals surface area contributed by atoms with Crippen LogP contribution in [0.1, 0.15) is 27.2 Å². The van der Waals surface area contributed by atoms with Crippen LogP contribution in [-0.2, 0) is 0 Å². The molecule has 0 amide bonds. The quantitative estimate of drug-likeness (QED) is 0.691. The maximum absolute atomic E-state index is 8.97. The van der Waals surface area contributed by atoms with Gasteiger partial charge in [0, 0.05) is 13.2 Å². The Kier molecular flexibility index (Phi) is 5.22. The van der Waals surface area contributed by atoms with Crippen LogP contribution in [0.3, 0.4) is 0 Å². The first-order valence-corrected chi connectivity index (χ1v) is 6.22. The summed E-state index contributed by atoms with van der Waals surface area (Å²) in [5.41, 5.74) is 6.31. The molecule has 5 heteroatoms. The van der Waals surface area contributed by atoms with Crippen molar-refractivity contribution in [2.45, 2.75) is 27.2 Å². The third-order valence-electron chi connectivity index (χ3n) is 2.71. The van der Waals surface area contributed by atoms with Gasteiger partial charge in [0.1, 0.15) is 5.82 Å². The smallest absolute Gasteiger partial charge is 0.239 e. The normalized spacial score (nSPS) is 11.3. The van der Waals surface area contributed by atoms with Crippen LogP contribution in [-0.4, -0.2) is 29.8 Å². The molecule has 102 valence electrons. The van der Waals surface area contributed by atoms with Crippen molar-refractivity contribution in [2.75, 3.05) is 30.8 Å². The molecule has 0 saturated heterocycles. The Bertz CT molecular complexity index is 380. The summed E-state index contributed by atoms with van der Waals surface area (Å²) in [4.78, 5) is 4.30. The highest BCUT2D eigenvalue weighted by Crippen LogP contribution is 2.23. The number of nitrogen functional groups attached to an aromatic ring is 1. The Morgan fingerprint density at radius 3 is 2.78 bits per heavy atom. The van der Waals surface area contributed by atoms with Crippen molar-refractivity contribution < 1.29 is 9.84 Å². The predicted octanol–water partition coefficient (Wildman–Crippen LogP) is 1.88. The Morgan fingerprint density at radius 2 is 2.17 bits per heavy atom. The Balaban J connectivity index is 2.65. The number of nitrogens with one attached hydrogen (secondary N) is 1. The molecule has 0 fully saturated rings. The van der Waals surface area contributed by atoms with Crippen LogP contribution in [0.15, 0.2) is 12.1 Å². The van der Waals surface area contributed by atoms with Crippen LogP contribution >= 0.6 is 0 Å². The monoisotopic (exact) mass is 253 g/mol. The molecule has 1 aromatic heterocycles. The van der Waals surface area contributed by atoms with E-state index in [9.17, 15) is 0 Å². The zero-order valence-electron chi connectivity index (χ0n) is 11.4. The van der Waals surface area contributed by atoms with Crippen molar-refractivity contribution in [2.24, 2.45) is 5.41 Å². The Labute approximate surface area is 108 Å². The van der Waals surface area contributed by atoms with E-state index in [1.807, 2.05) is 13.0 Å². The second-order valence-corrected chi connectivity index (χ2v) is 5.02. The third-order valence-corrected chi connectivity index (χ3v) is 2.71. The van der Waals surface area contributed by atoms with Gasteiger partial charge in [-0.15, -0.1) is 0 Å². The van der Waals surface area contributed by atoms with Gasteiger partial charge in [-0.2, -0.15) is 4.98 Å². The number of rotatable bonds is 7. The average Bonchev–Trinajstić information content (AvgIpc) is 2.30. The summed E-state index contributed by atoms with van der Waals surface area (Å²) in [6.07, 6.45) is 0.743. The average molecular weight is 253 g/mol. The van der Waals surface area contributed by atoms with Crippen LogP contribution in [0.25, 0.3) is 0 Å². The summed E-state index contributed by atoms with van der Waals surface area (Å²) >= 11 is 0. The number of nitrogens with two attached hydrogens (primary N) is 1. The van der Waals surface area contributed by atoms with Gasteiger partial charge < -0.3 is 20.9 Å². The molecule has 18 heavy (non-hydrogen) atoms. The molecule has 0 aliphatic carbocycles. The van der Waals surface area contributed by atoms with E-state index in [0.717, 1.165) is 18.8 Å². The van der Waals surface area contributed by atoms with E-state index in [4.69, 9.17) is 15.6 Å². The molecule has 0 bridgehead atoms. The van der Waals surface area contributed by atoms with Crippen molar-refractivity contribution in [3.63, 3.8) is 0 Å². The molecule has 0 aliphatic rings. The molecule has 0 spiro atoms. The molecule has 0 atom stereocenters. The van der Waals surface area contributed by atoms with E-state index in [1.54, 1.807) is 6.07 Å². The van der Waals surface area contributed by atoms with Gasteiger partial charge in [0.25, 0.3) is 0 Å². The Morgan fingerprint density at radius 1 is 1.44 bits per heavy atom. The minimum atomic E-state index is 0.0175. The van der Waals surface area contributed by atoms with Gasteiger partial charge in [-0.3, -0.25) is 0 Å². The third kappa shape index (κ3) is 4.41. The fourth-order valence-corrected chi connectivity index (χ4v) is 1.52. The minimum absolute atomic E-state index is 0.0175. The highest BCUT2D eigenvalue weighted by atomic mass is 16.5.